The highest BCUT2D eigenvalue weighted by Gasteiger charge is 2.32. The van der Waals surface area contributed by atoms with Crippen molar-refractivity contribution in [3.05, 3.63) is 83.6 Å². The predicted octanol–water partition coefficient (Wildman–Crippen LogP) is 4.40. The minimum absolute atomic E-state index is 0.0313. The number of carbonyl (C=O) groups is 1. The van der Waals surface area contributed by atoms with E-state index in [1.165, 1.54) is 36.4 Å². The Morgan fingerprint density at radius 1 is 0.929 bits per heavy atom. The number of nitrogens with zero attached hydrogens (tertiary/aromatic N) is 1. The number of carbonyl (C=O) groups excluding carboxylic acids is 1. The number of alkyl halides is 3. The van der Waals surface area contributed by atoms with Gasteiger partial charge in [-0.05, 0) is 24.3 Å². The van der Waals surface area contributed by atoms with Gasteiger partial charge in [-0.1, -0.05) is 42.5 Å². The van der Waals surface area contributed by atoms with Crippen LogP contribution in [0.4, 0.5) is 13.2 Å². The average Bonchev–Trinajstić information content (AvgIpc) is 2.66. The van der Waals surface area contributed by atoms with Gasteiger partial charge in [0.25, 0.3) is 0 Å². The van der Waals surface area contributed by atoms with Crippen LogP contribution in [-0.4, -0.2) is 25.4 Å². The van der Waals surface area contributed by atoms with E-state index in [2.05, 4.69) is 4.98 Å². The third-order valence-corrected chi connectivity index (χ3v) is 5.13. The van der Waals surface area contributed by atoms with Gasteiger partial charge in [0.2, 0.25) is 5.78 Å². The summed E-state index contributed by atoms with van der Waals surface area (Å²) in [6, 6.07) is 14.7. The van der Waals surface area contributed by atoms with Crippen LogP contribution >= 0.6 is 0 Å². The lowest BCUT2D eigenvalue weighted by Gasteiger charge is -2.12. The van der Waals surface area contributed by atoms with Crippen LogP contribution in [0.15, 0.2) is 71.6 Å². The fourth-order valence-electron chi connectivity index (χ4n) is 2.57. The van der Waals surface area contributed by atoms with Gasteiger partial charge in [-0.25, -0.2) is 13.4 Å². The van der Waals surface area contributed by atoms with Crippen LogP contribution < -0.4 is 0 Å². The van der Waals surface area contributed by atoms with Gasteiger partial charge in [0.15, 0.2) is 9.84 Å². The molecule has 28 heavy (non-hydrogen) atoms. The van der Waals surface area contributed by atoms with E-state index in [1.54, 1.807) is 18.2 Å². The van der Waals surface area contributed by atoms with Crippen LogP contribution in [0.1, 0.15) is 21.6 Å². The molecule has 0 aliphatic carbocycles. The summed E-state index contributed by atoms with van der Waals surface area (Å²) in [5.41, 5.74) is -0.949. The van der Waals surface area contributed by atoms with Gasteiger partial charge in [-0.15, -0.1) is 0 Å². The number of rotatable bonds is 4. The Morgan fingerprint density at radius 3 is 2.07 bits per heavy atom. The molecule has 0 aliphatic heterocycles. The second kappa shape index (κ2) is 7.20. The van der Waals surface area contributed by atoms with Crippen LogP contribution in [-0.2, 0) is 16.0 Å². The number of benzene rings is 2. The van der Waals surface area contributed by atoms with Gasteiger partial charge in [0.05, 0.1) is 16.2 Å². The highest BCUT2D eigenvalue weighted by atomic mass is 32.2. The van der Waals surface area contributed by atoms with E-state index < -0.39 is 27.4 Å². The van der Waals surface area contributed by atoms with E-state index in [-0.39, 0.29) is 27.4 Å². The lowest BCUT2D eigenvalue weighted by Crippen LogP contribution is -2.11. The Hall–Kier alpha value is -3.00. The van der Waals surface area contributed by atoms with Gasteiger partial charge in [0.1, 0.15) is 5.69 Å². The molecule has 2 aromatic carbocycles. The van der Waals surface area contributed by atoms with Gasteiger partial charge in [-0.2, -0.15) is 13.2 Å². The minimum atomic E-state index is -4.67. The Kier molecular flexibility index (Phi) is 5.08. The fraction of sp³-hybridized carbons (Fsp3) is 0.100. The third-order valence-electron chi connectivity index (χ3n) is 4.00. The maximum absolute atomic E-state index is 13.3. The SMILES string of the molecule is CS(=O)(=O)c1ccc(-c2cc(C(F)(F)F)cc(C(=O)c3ccccc3)n2)cc1. The number of hydrogen-bond donors (Lipinski definition) is 0. The molecular formula is C20H14F3NO3S. The van der Waals surface area contributed by atoms with Crippen LogP contribution in [0.2, 0.25) is 0 Å². The molecule has 3 rings (SSSR count). The molecule has 0 fully saturated rings. The summed E-state index contributed by atoms with van der Waals surface area (Å²) >= 11 is 0. The number of pyridine rings is 1. The second-order valence-electron chi connectivity index (χ2n) is 6.12. The summed E-state index contributed by atoms with van der Waals surface area (Å²) in [6.45, 7) is 0. The molecule has 0 saturated heterocycles. The van der Waals surface area contributed by atoms with Crippen molar-refractivity contribution < 1.29 is 26.4 Å². The summed E-state index contributed by atoms with van der Waals surface area (Å²) in [4.78, 5) is 16.7. The number of hydrogen-bond acceptors (Lipinski definition) is 4. The summed E-state index contributed by atoms with van der Waals surface area (Å²) < 4.78 is 63.1. The monoisotopic (exact) mass is 405 g/mol. The molecule has 0 unspecified atom stereocenters. The number of sulfone groups is 1. The minimum Gasteiger partial charge on any atom is -0.287 e. The van der Waals surface area contributed by atoms with Crippen LogP contribution in [0, 0.1) is 0 Å². The van der Waals surface area contributed by atoms with Crippen LogP contribution in [0.25, 0.3) is 11.3 Å². The van der Waals surface area contributed by atoms with Crippen LogP contribution in [0.3, 0.4) is 0 Å². The standard InChI is InChI=1S/C20H14F3NO3S/c1-28(26,27)16-9-7-13(8-10-16)17-11-15(20(21,22)23)12-18(24-17)19(25)14-5-3-2-4-6-14/h2-12H,1H3. The summed E-state index contributed by atoms with van der Waals surface area (Å²) in [5, 5.41) is 0. The van der Waals surface area contributed by atoms with Crippen LogP contribution in [0.5, 0.6) is 0 Å². The molecule has 4 nitrogen and oxygen atoms in total. The maximum atomic E-state index is 13.3. The Labute approximate surface area is 159 Å². The third kappa shape index (κ3) is 4.28. The van der Waals surface area contributed by atoms with Crippen molar-refractivity contribution in [3.8, 4) is 11.3 Å². The molecule has 144 valence electrons. The van der Waals surface area contributed by atoms with Crippen molar-refractivity contribution >= 4 is 15.6 Å². The van der Waals surface area contributed by atoms with E-state index in [0.717, 1.165) is 12.3 Å². The molecule has 1 heterocycles. The molecule has 0 radical (unpaired) electrons. The van der Waals surface area contributed by atoms with E-state index in [9.17, 15) is 26.4 Å². The number of ketones is 1. The lowest BCUT2D eigenvalue weighted by molar-refractivity contribution is -0.137. The van der Waals surface area contributed by atoms with E-state index in [0.29, 0.717) is 6.07 Å². The van der Waals surface area contributed by atoms with E-state index >= 15 is 0 Å². The zero-order chi connectivity index (χ0) is 20.5. The summed E-state index contributed by atoms with van der Waals surface area (Å²) in [5.74, 6) is -0.638. The van der Waals surface area contributed by atoms with Gasteiger partial charge >= 0.3 is 6.18 Å². The van der Waals surface area contributed by atoms with Crippen molar-refractivity contribution in [2.75, 3.05) is 6.26 Å². The topological polar surface area (TPSA) is 64.1 Å². The normalized spacial score (nSPS) is 12.0. The molecule has 3 aromatic rings. The molecule has 0 aliphatic rings. The first-order valence-corrected chi connectivity index (χ1v) is 9.94. The highest BCUT2D eigenvalue weighted by Crippen LogP contribution is 2.33. The lowest BCUT2D eigenvalue weighted by atomic mass is 10.0. The Balaban J connectivity index is 2.12. The number of aromatic nitrogens is 1. The molecular weight excluding hydrogens is 391 g/mol. The Bertz CT molecular complexity index is 1120. The molecule has 1 aromatic heterocycles. The Morgan fingerprint density at radius 2 is 1.54 bits per heavy atom. The molecule has 0 saturated carbocycles. The first-order chi connectivity index (χ1) is 13.1. The van der Waals surface area contributed by atoms with E-state index in [1.807, 2.05) is 0 Å². The van der Waals surface area contributed by atoms with Crippen molar-refractivity contribution in [2.45, 2.75) is 11.1 Å². The molecule has 8 heteroatoms. The van der Waals surface area contributed by atoms with Gasteiger partial charge in [0, 0.05) is 17.4 Å². The summed E-state index contributed by atoms with van der Waals surface area (Å²) in [7, 11) is -3.45. The largest absolute Gasteiger partial charge is 0.416 e. The first-order valence-electron chi connectivity index (χ1n) is 8.05. The highest BCUT2D eigenvalue weighted by molar-refractivity contribution is 7.90. The summed E-state index contributed by atoms with van der Waals surface area (Å²) in [6.07, 6.45) is -3.64. The van der Waals surface area contributed by atoms with Gasteiger partial charge in [-0.3, -0.25) is 4.79 Å². The molecule has 0 atom stereocenters. The predicted molar refractivity (Wildman–Crippen MR) is 97.7 cm³/mol. The van der Waals surface area contributed by atoms with Gasteiger partial charge < -0.3 is 0 Å². The second-order valence-corrected chi connectivity index (χ2v) is 8.13. The van der Waals surface area contributed by atoms with E-state index in [4.69, 9.17) is 0 Å². The van der Waals surface area contributed by atoms with Crippen molar-refractivity contribution in [3.63, 3.8) is 0 Å². The molecule has 0 N–H and O–H groups in total. The smallest absolute Gasteiger partial charge is 0.287 e. The molecule has 0 spiro atoms. The number of halogens is 3. The van der Waals surface area contributed by atoms with Crippen molar-refractivity contribution in [1.82, 2.24) is 4.98 Å². The van der Waals surface area contributed by atoms with Crippen molar-refractivity contribution in [2.24, 2.45) is 0 Å². The zero-order valence-corrected chi connectivity index (χ0v) is 15.4. The average molecular weight is 405 g/mol. The molecule has 0 amide bonds. The first kappa shape index (κ1) is 19.8. The van der Waals surface area contributed by atoms with Crippen molar-refractivity contribution in [1.29, 1.82) is 0 Å². The zero-order valence-electron chi connectivity index (χ0n) is 14.6. The quantitative estimate of drug-likeness (QED) is 0.604. The fourth-order valence-corrected chi connectivity index (χ4v) is 3.20. The maximum Gasteiger partial charge on any atom is 0.416 e. The molecule has 0 bridgehead atoms.